The molecule has 0 fully saturated rings. The van der Waals surface area contributed by atoms with Crippen molar-refractivity contribution in [3.8, 4) is 5.75 Å². The van der Waals surface area contributed by atoms with Gasteiger partial charge in [-0.1, -0.05) is 12.1 Å². The van der Waals surface area contributed by atoms with Crippen molar-refractivity contribution in [1.29, 1.82) is 0 Å². The largest absolute Gasteiger partial charge is 0.502 e. The van der Waals surface area contributed by atoms with Crippen LogP contribution in [0.5, 0.6) is 5.75 Å². The van der Waals surface area contributed by atoms with Gasteiger partial charge in [-0.15, -0.1) is 0 Å². The Bertz CT molecular complexity index is 758. The number of phenols is 1. The molecule has 112 valence electrons. The van der Waals surface area contributed by atoms with Crippen LogP contribution in [0.4, 0.5) is 11.4 Å². The molecule has 4 N–H and O–H groups in total. The molecule has 0 bridgehead atoms. The number of nitro groups is 1. The minimum absolute atomic E-state index is 0.274. The molecule has 0 saturated carbocycles. The van der Waals surface area contributed by atoms with E-state index in [0.29, 0.717) is 11.3 Å². The zero-order chi connectivity index (χ0) is 16.1. The third-order valence-corrected chi connectivity index (χ3v) is 2.78. The molecule has 0 atom stereocenters. The van der Waals surface area contributed by atoms with E-state index in [1.165, 1.54) is 18.3 Å². The number of hydrogen-bond donors (Lipinski definition) is 3. The van der Waals surface area contributed by atoms with Crippen molar-refractivity contribution in [1.82, 2.24) is 5.43 Å². The molecule has 1 amide bonds. The number of para-hydroxylation sites is 1. The number of phenolic OH excluding ortho intramolecular Hbond substituents is 1. The number of hydrazone groups is 1. The summed E-state index contributed by atoms with van der Waals surface area (Å²) in [6.07, 6.45) is 1.23. The molecule has 0 aromatic heterocycles. The quantitative estimate of drug-likeness (QED) is 0.342. The van der Waals surface area contributed by atoms with E-state index in [1.54, 1.807) is 24.3 Å². The van der Waals surface area contributed by atoms with Gasteiger partial charge in [0.25, 0.3) is 5.91 Å². The SMILES string of the molecule is Nc1ccccc1C(=O)N/N=C/c1ccc(O)c([N+](=O)[O-])c1. The van der Waals surface area contributed by atoms with Gasteiger partial charge in [0.1, 0.15) is 0 Å². The van der Waals surface area contributed by atoms with Crippen LogP contribution in [0.1, 0.15) is 15.9 Å². The van der Waals surface area contributed by atoms with Gasteiger partial charge in [-0.2, -0.15) is 5.10 Å². The van der Waals surface area contributed by atoms with Crippen LogP contribution in [0.2, 0.25) is 0 Å². The highest BCUT2D eigenvalue weighted by atomic mass is 16.6. The van der Waals surface area contributed by atoms with Crippen LogP contribution < -0.4 is 11.2 Å². The Morgan fingerprint density at radius 1 is 1.32 bits per heavy atom. The second-order valence-electron chi connectivity index (χ2n) is 4.29. The normalized spacial score (nSPS) is 10.5. The maximum Gasteiger partial charge on any atom is 0.311 e. The van der Waals surface area contributed by atoms with Gasteiger partial charge in [0, 0.05) is 17.3 Å². The van der Waals surface area contributed by atoms with Gasteiger partial charge in [0.15, 0.2) is 5.75 Å². The maximum atomic E-state index is 11.8. The molecule has 2 aromatic rings. The van der Waals surface area contributed by atoms with E-state index in [9.17, 15) is 20.0 Å². The Hall–Kier alpha value is -3.42. The molecule has 0 spiro atoms. The monoisotopic (exact) mass is 300 g/mol. The first-order valence-corrected chi connectivity index (χ1v) is 6.14. The lowest BCUT2D eigenvalue weighted by Crippen LogP contribution is -2.19. The number of nitrogens with one attached hydrogen (secondary N) is 1. The van der Waals surface area contributed by atoms with Crippen LogP contribution in [0.15, 0.2) is 47.6 Å². The molecule has 0 aliphatic rings. The number of benzene rings is 2. The number of nitrogens with two attached hydrogens (primary N) is 1. The van der Waals surface area contributed by atoms with Crippen LogP contribution >= 0.6 is 0 Å². The molecule has 0 saturated heterocycles. The van der Waals surface area contributed by atoms with Crippen molar-refractivity contribution < 1.29 is 14.8 Å². The fourth-order valence-electron chi connectivity index (χ4n) is 1.70. The van der Waals surface area contributed by atoms with Gasteiger partial charge in [0.2, 0.25) is 0 Å². The summed E-state index contributed by atoms with van der Waals surface area (Å²) < 4.78 is 0. The van der Waals surface area contributed by atoms with E-state index in [1.807, 2.05) is 0 Å². The lowest BCUT2D eigenvalue weighted by Gasteiger charge is -2.03. The van der Waals surface area contributed by atoms with Crippen molar-refractivity contribution in [2.75, 3.05) is 5.73 Å². The Kier molecular flexibility index (Phi) is 4.33. The van der Waals surface area contributed by atoms with Gasteiger partial charge >= 0.3 is 5.69 Å². The smallest absolute Gasteiger partial charge is 0.311 e. The molecule has 8 nitrogen and oxygen atoms in total. The van der Waals surface area contributed by atoms with Crippen LogP contribution in [0.3, 0.4) is 0 Å². The number of aromatic hydroxyl groups is 1. The second-order valence-corrected chi connectivity index (χ2v) is 4.29. The lowest BCUT2D eigenvalue weighted by molar-refractivity contribution is -0.385. The molecule has 0 aliphatic heterocycles. The van der Waals surface area contributed by atoms with Gasteiger partial charge in [-0.3, -0.25) is 14.9 Å². The lowest BCUT2D eigenvalue weighted by atomic mass is 10.2. The topological polar surface area (TPSA) is 131 Å². The molecule has 0 aliphatic carbocycles. The van der Waals surface area contributed by atoms with Crippen LogP contribution in [-0.2, 0) is 0 Å². The van der Waals surface area contributed by atoms with Gasteiger partial charge in [-0.25, -0.2) is 5.43 Å². The van der Waals surface area contributed by atoms with Gasteiger partial charge in [-0.05, 0) is 24.3 Å². The number of nitro benzene ring substituents is 1. The summed E-state index contributed by atoms with van der Waals surface area (Å²) in [7, 11) is 0. The first-order valence-electron chi connectivity index (χ1n) is 6.14. The number of hydrogen-bond acceptors (Lipinski definition) is 6. The summed E-state index contributed by atoms with van der Waals surface area (Å²) >= 11 is 0. The maximum absolute atomic E-state index is 11.8. The highest BCUT2D eigenvalue weighted by Gasteiger charge is 2.13. The second kappa shape index (κ2) is 6.35. The van der Waals surface area contributed by atoms with Crippen molar-refractivity contribution in [2.45, 2.75) is 0 Å². The predicted molar refractivity (Wildman–Crippen MR) is 80.7 cm³/mol. The molecule has 0 radical (unpaired) electrons. The summed E-state index contributed by atoms with van der Waals surface area (Å²) in [5, 5.41) is 23.7. The minimum Gasteiger partial charge on any atom is -0.502 e. The fourth-order valence-corrected chi connectivity index (χ4v) is 1.70. The van der Waals surface area contributed by atoms with Crippen LogP contribution in [0, 0.1) is 10.1 Å². The molecule has 0 heterocycles. The Labute approximate surface area is 125 Å². The summed E-state index contributed by atoms with van der Waals surface area (Å²) in [4.78, 5) is 21.8. The summed E-state index contributed by atoms with van der Waals surface area (Å²) in [5.41, 5.74) is 8.43. The number of amides is 1. The highest BCUT2D eigenvalue weighted by Crippen LogP contribution is 2.25. The predicted octanol–water partition coefficient (Wildman–Crippen LogP) is 1.65. The average molecular weight is 300 g/mol. The van der Waals surface area contributed by atoms with Crippen molar-refractivity contribution in [3.05, 3.63) is 63.7 Å². The number of carbonyl (C=O) groups is 1. The molecular weight excluding hydrogens is 288 g/mol. The molecule has 2 rings (SSSR count). The third-order valence-electron chi connectivity index (χ3n) is 2.78. The van der Waals surface area contributed by atoms with Gasteiger partial charge in [0.05, 0.1) is 16.7 Å². The summed E-state index contributed by atoms with van der Waals surface area (Å²) in [6.45, 7) is 0. The Morgan fingerprint density at radius 2 is 2.05 bits per heavy atom. The number of anilines is 1. The van der Waals surface area contributed by atoms with Gasteiger partial charge < -0.3 is 10.8 Å². The Balaban J connectivity index is 2.10. The average Bonchev–Trinajstić information content (AvgIpc) is 2.49. The van der Waals surface area contributed by atoms with Crippen LogP contribution in [0.25, 0.3) is 0 Å². The molecule has 2 aromatic carbocycles. The number of nitrogens with zero attached hydrogens (tertiary/aromatic N) is 2. The van der Waals surface area contributed by atoms with E-state index < -0.39 is 22.3 Å². The third kappa shape index (κ3) is 3.37. The Morgan fingerprint density at radius 3 is 2.73 bits per heavy atom. The zero-order valence-electron chi connectivity index (χ0n) is 11.3. The molecule has 0 unspecified atom stereocenters. The standard InChI is InChI=1S/C14H12N4O4/c15-11-4-2-1-3-10(11)14(20)17-16-8-9-5-6-13(19)12(7-9)18(21)22/h1-8,19H,15H2,(H,17,20)/b16-8+. The van der Waals surface area contributed by atoms with Crippen molar-refractivity contribution >= 4 is 23.5 Å². The van der Waals surface area contributed by atoms with Crippen molar-refractivity contribution in [2.24, 2.45) is 5.10 Å². The first kappa shape index (κ1) is 15.0. The highest BCUT2D eigenvalue weighted by molar-refractivity contribution is 5.99. The van der Waals surface area contributed by atoms with E-state index in [4.69, 9.17) is 5.73 Å². The molecular formula is C14H12N4O4. The van der Waals surface area contributed by atoms with E-state index in [0.717, 1.165) is 6.07 Å². The number of carbonyl (C=O) groups excluding carboxylic acids is 1. The summed E-state index contributed by atoms with van der Waals surface area (Å²) in [6, 6.07) is 10.2. The van der Waals surface area contributed by atoms with E-state index in [2.05, 4.69) is 10.5 Å². The minimum atomic E-state index is -0.712. The number of rotatable bonds is 4. The summed E-state index contributed by atoms with van der Waals surface area (Å²) in [5.74, 6) is -0.939. The van der Waals surface area contributed by atoms with E-state index in [-0.39, 0.29) is 5.56 Å². The van der Waals surface area contributed by atoms with Crippen molar-refractivity contribution in [3.63, 3.8) is 0 Å². The zero-order valence-corrected chi connectivity index (χ0v) is 11.3. The van der Waals surface area contributed by atoms with E-state index >= 15 is 0 Å². The molecule has 22 heavy (non-hydrogen) atoms. The number of nitrogen functional groups attached to an aromatic ring is 1. The fraction of sp³-hybridized carbons (Fsp3) is 0. The molecule has 8 heteroatoms. The first-order chi connectivity index (χ1) is 10.5. The van der Waals surface area contributed by atoms with Crippen LogP contribution in [-0.4, -0.2) is 22.2 Å².